The molecule has 3 rings (SSSR count). The van der Waals surface area contributed by atoms with Gasteiger partial charge >= 0.3 is 0 Å². The third kappa shape index (κ3) is 2.78. The van der Waals surface area contributed by atoms with E-state index in [1.165, 1.54) is 14.8 Å². The molecule has 0 saturated heterocycles. The van der Waals surface area contributed by atoms with Crippen LogP contribution in [0.25, 0.3) is 10.9 Å². The summed E-state index contributed by atoms with van der Waals surface area (Å²) < 4.78 is 1.36. The monoisotopic (exact) mass is 366 g/mol. The number of thiocarbonyl (C=S) groups is 1. The number of aryl methyl sites for hydroxylation is 1. The highest BCUT2D eigenvalue weighted by atomic mass is 32.1. The van der Waals surface area contributed by atoms with Gasteiger partial charge in [0.2, 0.25) is 0 Å². The minimum absolute atomic E-state index is 0.255. The number of fused-ring (bicyclic) bond motifs is 1. The van der Waals surface area contributed by atoms with E-state index in [-0.39, 0.29) is 11.3 Å². The third-order valence-corrected chi connectivity index (χ3v) is 4.65. The lowest BCUT2D eigenvalue weighted by Crippen LogP contribution is -2.36. The molecule has 0 unspecified atom stereocenters. The van der Waals surface area contributed by atoms with Crippen LogP contribution in [0.1, 0.15) is 22.8 Å². The van der Waals surface area contributed by atoms with E-state index in [0.29, 0.717) is 28.7 Å². The van der Waals surface area contributed by atoms with Gasteiger partial charge in [-0.05, 0) is 30.7 Å². The van der Waals surface area contributed by atoms with Crippen molar-refractivity contribution < 1.29 is 9.90 Å². The van der Waals surface area contributed by atoms with Crippen molar-refractivity contribution >= 4 is 40.1 Å². The maximum Gasteiger partial charge on any atom is 0.267 e. The Labute approximate surface area is 156 Å². The first-order valence-corrected chi connectivity index (χ1v) is 8.65. The van der Waals surface area contributed by atoms with Gasteiger partial charge in [-0.2, -0.15) is 0 Å². The maximum absolute atomic E-state index is 13.1. The summed E-state index contributed by atoms with van der Waals surface area (Å²) in [7, 11) is 1.58. The van der Waals surface area contributed by atoms with E-state index in [2.05, 4.69) is 0 Å². The number of aromatic nitrogens is 1. The van der Waals surface area contributed by atoms with Crippen LogP contribution in [0.15, 0.2) is 53.3 Å². The van der Waals surface area contributed by atoms with Crippen molar-refractivity contribution in [1.29, 1.82) is 0 Å². The van der Waals surface area contributed by atoms with E-state index in [1.807, 2.05) is 25.1 Å². The first-order valence-electron chi connectivity index (χ1n) is 8.18. The zero-order chi connectivity index (χ0) is 18.8. The van der Waals surface area contributed by atoms with Gasteiger partial charge in [-0.25, -0.2) is 0 Å². The van der Waals surface area contributed by atoms with Gasteiger partial charge in [0.25, 0.3) is 11.5 Å². The number of anilines is 1. The molecular weight excluding hydrogens is 348 g/mol. The van der Waals surface area contributed by atoms with Crippen LogP contribution in [0.3, 0.4) is 0 Å². The molecular formula is C20H18N2O3S. The van der Waals surface area contributed by atoms with Gasteiger partial charge in [0.15, 0.2) is 0 Å². The Bertz CT molecular complexity index is 1060. The molecule has 0 aliphatic carbocycles. The number of rotatable bonds is 4. The first kappa shape index (κ1) is 17.8. The number of amides is 1. The number of nitrogens with zero attached hydrogens (tertiary/aromatic N) is 2. The van der Waals surface area contributed by atoms with Crippen LogP contribution in [0.4, 0.5) is 5.69 Å². The van der Waals surface area contributed by atoms with Gasteiger partial charge in [-0.15, -0.1) is 0 Å². The molecule has 0 saturated carbocycles. The highest BCUT2D eigenvalue weighted by Gasteiger charge is 2.26. The molecule has 0 radical (unpaired) electrons. The molecule has 1 aromatic heterocycles. The van der Waals surface area contributed by atoms with Crippen molar-refractivity contribution in [1.82, 2.24) is 4.57 Å². The molecule has 0 aliphatic heterocycles. The van der Waals surface area contributed by atoms with Crippen molar-refractivity contribution in [2.45, 2.75) is 6.92 Å². The summed E-state index contributed by atoms with van der Waals surface area (Å²) in [6.07, 6.45) is 0. The van der Waals surface area contributed by atoms with Crippen LogP contribution >= 0.6 is 12.2 Å². The van der Waals surface area contributed by atoms with Crippen molar-refractivity contribution in [3.63, 3.8) is 0 Å². The molecule has 1 heterocycles. The van der Waals surface area contributed by atoms with Crippen molar-refractivity contribution in [2.75, 3.05) is 11.4 Å². The van der Waals surface area contributed by atoms with Gasteiger partial charge in [0, 0.05) is 30.0 Å². The fourth-order valence-electron chi connectivity index (χ4n) is 3.08. The average molecular weight is 366 g/mol. The molecule has 26 heavy (non-hydrogen) atoms. The highest BCUT2D eigenvalue weighted by Crippen LogP contribution is 2.30. The Hall–Kier alpha value is -2.99. The van der Waals surface area contributed by atoms with Crippen LogP contribution in [-0.4, -0.2) is 27.5 Å². The van der Waals surface area contributed by atoms with Gasteiger partial charge < -0.3 is 14.6 Å². The van der Waals surface area contributed by atoms with E-state index >= 15 is 0 Å². The predicted molar refractivity (Wildman–Crippen MR) is 107 cm³/mol. The van der Waals surface area contributed by atoms with Crippen LogP contribution in [-0.2, 0) is 7.05 Å². The summed E-state index contributed by atoms with van der Waals surface area (Å²) >= 11 is 5.02. The SMILES string of the molecule is CCN(C(=O)c1c(O)c2c(C=S)cccc2n(C)c1=O)c1ccccc1. The molecule has 0 aliphatic rings. The molecule has 2 aromatic carbocycles. The Morgan fingerprint density at radius 3 is 2.50 bits per heavy atom. The molecule has 1 N–H and O–H groups in total. The smallest absolute Gasteiger partial charge is 0.267 e. The summed E-state index contributed by atoms with van der Waals surface area (Å²) in [6, 6.07) is 14.2. The summed E-state index contributed by atoms with van der Waals surface area (Å²) in [5.74, 6) is -0.878. The lowest BCUT2D eigenvalue weighted by Gasteiger charge is -2.22. The zero-order valence-corrected chi connectivity index (χ0v) is 15.3. The Morgan fingerprint density at radius 1 is 1.19 bits per heavy atom. The number of hydrogen-bond acceptors (Lipinski definition) is 4. The number of benzene rings is 2. The van der Waals surface area contributed by atoms with E-state index in [4.69, 9.17) is 12.2 Å². The number of pyridine rings is 1. The second kappa shape index (κ2) is 7.09. The van der Waals surface area contributed by atoms with Gasteiger partial charge in [0.1, 0.15) is 11.3 Å². The lowest BCUT2D eigenvalue weighted by molar-refractivity contribution is 0.0984. The molecule has 3 aromatic rings. The zero-order valence-electron chi connectivity index (χ0n) is 14.5. The minimum Gasteiger partial charge on any atom is -0.506 e. The molecule has 1 amide bonds. The number of carbonyl (C=O) groups is 1. The molecule has 0 fully saturated rings. The summed E-state index contributed by atoms with van der Waals surface area (Å²) in [5, 5.41) is 12.6. The fraction of sp³-hybridized carbons (Fsp3) is 0.150. The van der Waals surface area contributed by atoms with E-state index in [9.17, 15) is 14.7 Å². The molecule has 5 nitrogen and oxygen atoms in total. The summed E-state index contributed by atoms with van der Waals surface area (Å²) in [6.45, 7) is 2.17. The standard InChI is InChI=1S/C20H18N2O3S/c1-3-22(14-9-5-4-6-10-14)20(25)17-18(23)16-13(12-26)8-7-11-15(16)21(2)19(17)24/h4-12,23H,3H2,1-2H3. The average Bonchev–Trinajstić information content (AvgIpc) is 2.67. The van der Waals surface area contributed by atoms with Crippen molar-refractivity contribution in [3.8, 4) is 5.75 Å². The molecule has 0 atom stereocenters. The fourth-order valence-corrected chi connectivity index (χ4v) is 3.27. The third-order valence-electron chi connectivity index (χ3n) is 4.40. The second-order valence-corrected chi connectivity index (χ2v) is 6.07. The van der Waals surface area contributed by atoms with Gasteiger partial charge in [0.05, 0.1) is 5.52 Å². The number of carbonyl (C=O) groups excluding carboxylic acids is 1. The minimum atomic E-state index is -0.545. The normalized spacial score (nSPS) is 10.7. The molecule has 6 heteroatoms. The molecule has 0 spiro atoms. The van der Waals surface area contributed by atoms with Crippen LogP contribution in [0, 0.1) is 0 Å². The molecule has 132 valence electrons. The maximum atomic E-state index is 13.1. The van der Waals surface area contributed by atoms with Crippen LogP contribution in [0.2, 0.25) is 0 Å². The van der Waals surface area contributed by atoms with Crippen molar-refractivity contribution in [2.24, 2.45) is 7.05 Å². The first-order chi connectivity index (χ1) is 12.5. The molecule has 0 bridgehead atoms. The summed E-state index contributed by atoms with van der Waals surface area (Å²) in [4.78, 5) is 27.4. The summed E-state index contributed by atoms with van der Waals surface area (Å²) in [5.41, 5.74) is 0.961. The number of aromatic hydroxyl groups is 1. The Kier molecular flexibility index (Phi) is 4.86. The second-order valence-electron chi connectivity index (χ2n) is 5.83. The van der Waals surface area contributed by atoms with Crippen molar-refractivity contribution in [3.05, 3.63) is 70.0 Å². The lowest BCUT2D eigenvalue weighted by atomic mass is 10.0. The number of hydrogen-bond donors (Lipinski definition) is 1. The highest BCUT2D eigenvalue weighted by molar-refractivity contribution is 7.79. The number of para-hydroxylation sites is 1. The van der Waals surface area contributed by atoms with E-state index < -0.39 is 11.5 Å². The van der Waals surface area contributed by atoms with Gasteiger partial charge in [-0.1, -0.05) is 42.5 Å². The van der Waals surface area contributed by atoms with Crippen LogP contribution in [0.5, 0.6) is 5.75 Å². The Balaban J connectivity index is 2.29. The van der Waals surface area contributed by atoms with Crippen LogP contribution < -0.4 is 10.5 Å². The van der Waals surface area contributed by atoms with E-state index in [1.54, 1.807) is 37.4 Å². The largest absolute Gasteiger partial charge is 0.506 e. The predicted octanol–water partition coefficient (Wildman–Crippen LogP) is 3.26. The Morgan fingerprint density at radius 2 is 1.88 bits per heavy atom. The van der Waals surface area contributed by atoms with E-state index in [0.717, 1.165) is 0 Å². The quantitative estimate of drug-likeness (QED) is 0.720. The van der Waals surface area contributed by atoms with Gasteiger partial charge in [-0.3, -0.25) is 9.59 Å². The topological polar surface area (TPSA) is 62.5 Å².